The van der Waals surface area contributed by atoms with E-state index in [2.05, 4.69) is 10.2 Å². The van der Waals surface area contributed by atoms with Crippen LogP contribution in [0.4, 0.5) is 5.69 Å². The Labute approximate surface area is 152 Å². The minimum absolute atomic E-state index is 0. The summed E-state index contributed by atoms with van der Waals surface area (Å²) in [6.07, 6.45) is 2.53. The van der Waals surface area contributed by atoms with E-state index < -0.39 is 0 Å². The lowest BCUT2D eigenvalue weighted by molar-refractivity contribution is 0.0950. The van der Waals surface area contributed by atoms with Gasteiger partial charge in [0.25, 0.3) is 5.91 Å². The van der Waals surface area contributed by atoms with E-state index in [0.29, 0.717) is 29.5 Å². The summed E-state index contributed by atoms with van der Waals surface area (Å²) in [5.41, 5.74) is 6.55. The molecule has 0 spiro atoms. The molecule has 2 aromatic rings. The van der Waals surface area contributed by atoms with Gasteiger partial charge in [-0.2, -0.15) is 0 Å². The molecular weight excluding hydrogens is 346 g/mol. The maximum absolute atomic E-state index is 12.5. The van der Waals surface area contributed by atoms with Crippen molar-refractivity contribution in [2.75, 3.05) is 38.5 Å². The topological polar surface area (TPSA) is 67.6 Å². The Morgan fingerprint density at radius 3 is 2.83 bits per heavy atom. The second kappa shape index (κ2) is 8.55. The molecule has 24 heavy (non-hydrogen) atoms. The Balaban J connectivity index is 0.00000208. The Morgan fingerprint density at radius 2 is 2.12 bits per heavy atom. The molecule has 2 heterocycles. The first-order valence-electron chi connectivity index (χ1n) is 8.14. The number of fused-ring (bicyclic) bond motifs is 1. The number of likely N-dealkylation sites (tertiary alicyclic amines) is 1. The van der Waals surface area contributed by atoms with Crippen molar-refractivity contribution in [1.29, 1.82) is 0 Å². The van der Waals surface area contributed by atoms with Crippen LogP contribution in [0.2, 0.25) is 0 Å². The second-order valence-electron chi connectivity index (χ2n) is 5.75. The number of nitrogens with one attached hydrogen (secondary N) is 1. The highest BCUT2D eigenvalue weighted by Gasteiger charge is 2.20. The molecule has 1 amide bonds. The van der Waals surface area contributed by atoms with Crippen molar-refractivity contribution >= 4 is 45.4 Å². The van der Waals surface area contributed by atoms with Gasteiger partial charge >= 0.3 is 0 Å². The van der Waals surface area contributed by atoms with E-state index in [9.17, 15) is 4.79 Å². The van der Waals surface area contributed by atoms with E-state index in [0.717, 1.165) is 29.7 Å². The number of nitrogen functional groups attached to an aromatic ring is 1. The van der Waals surface area contributed by atoms with Gasteiger partial charge in [0.15, 0.2) is 5.75 Å². The molecular formula is C17H24ClN3O2S. The number of thiophene rings is 1. The lowest BCUT2D eigenvalue weighted by Gasteiger charge is -2.14. The largest absolute Gasteiger partial charge is 0.491 e. The molecule has 1 aliphatic rings. The van der Waals surface area contributed by atoms with E-state index in [1.165, 1.54) is 24.2 Å². The van der Waals surface area contributed by atoms with Crippen LogP contribution >= 0.6 is 23.7 Å². The SMILES string of the molecule is CCOc1c(C(=O)NCCN2CCCC2)sc2ccc(N)cc12.Cl. The van der Waals surface area contributed by atoms with Crippen LogP contribution in [0.25, 0.3) is 10.1 Å². The first-order chi connectivity index (χ1) is 11.2. The van der Waals surface area contributed by atoms with Crippen molar-refractivity contribution in [2.45, 2.75) is 19.8 Å². The highest BCUT2D eigenvalue weighted by atomic mass is 35.5. The summed E-state index contributed by atoms with van der Waals surface area (Å²) in [4.78, 5) is 15.6. The van der Waals surface area contributed by atoms with Crippen molar-refractivity contribution in [1.82, 2.24) is 10.2 Å². The van der Waals surface area contributed by atoms with Crippen LogP contribution in [0.5, 0.6) is 5.75 Å². The van der Waals surface area contributed by atoms with E-state index in [1.807, 2.05) is 25.1 Å². The Hall–Kier alpha value is -1.50. The van der Waals surface area contributed by atoms with Gasteiger partial charge in [0.2, 0.25) is 0 Å². The number of ether oxygens (including phenoxy) is 1. The molecule has 0 radical (unpaired) electrons. The Kier molecular flexibility index (Phi) is 6.71. The number of nitrogens with zero attached hydrogens (tertiary/aromatic N) is 1. The lowest BCUT2D eigenvalue weighted by atomic mass is 10.2. The number of nitrogens with two attached hydrogens (primary N) is 1. The summed E-state index contributed by atoms with van der Waals surface area (Å²) >= 11 is 1.46. The number of rotatable bonds is 6. The quantitative estimate of drug-likeness (QED) is 0.767. The average molecular weight is 370 g/mol. The zero-order chi connectivity index (χ0) is 16.2. The zero-order valence-electron chi connectivity index (χ0n) is 13.8. The number of hydrogen-bond donors (Lipinski definition) is 2. The van der Waals surface area contributed by atoms with Crippen molar-refractivity contribution in [3.63, 3.8) is 0 Å². The number of halogens is 1. The lowest BCUT2D eigenvalue weighted by Crippen LogP contribution is -2.33. The van der Waals surface area contributed by atoms with Gasteiger partial charge in [0.1, 0.15) is 4.88 Å². The van der Waals surface area contributed by atoms with Gasteiger partial charge in [-0.05, 0) is 51.1 Å². The van der Waals surface area contributed by atoms with Crippen LogP contribution in [0, 0.1) is 0 Å². The van der Waals surface area contributed by atoms with Crippen LogP contribution in [0.1, 0.15) is 29.4 Å². The minimum atomic E-state index is -0.0626. The van der Waals surface area contributed by atoms with Gasteiger partial charge in [0, 0.05) is 28.9 Å². The molecule has 1 aliphatic heterocycles. The van der Waals surface area contributed by atoms with Gasteiger partial charge in [-0.1, -0.05) is 0 Å². The molecule has 0 unspecified atom stereocenters. The van der Waals surface area contributed by atoms with Gasteiger partial charge in [-0.15, -0.1) is 23.7 Å². The first kappa shape index (κ1) is 18.8. The molecule has 0 saturated carbocycles. The maximum atomic E-state index is 12.5. The van der Waals surface area contributed by atoms with Gasteiger partial charge in [-0.25, -0.2) is 0 Å². The number of amides is 1. The fourth-order valence-corrected chi connectivity index (χ4v) is 3.99. The van der Waals surface area contributed by atoms with Crippen molar-refractivity contribution in [3.8, 4) is 5.75 Å². The third-order valence-corrected chi connectivity index (χ3v) is 5.22. The monoisotopic (exact) mass is 369 g/mol. The Morgan fingerprint density at radius 1 is 1.38 bits per heavy atom. The second-order valence-corrected chi connectivity index (χ2v) is 6.81. The molecule has 0 atom stereocenters. The molecule has 3 rings (SSSR count). The van der Waals surface area contributed by atoms with Crippen LogP contribution < -0.4 is 15.8 Å². The fraction of sp³-hybridized carbons (Fsp3) is 0.471. The molecule has 5 nitrogen and oxygen atoms in total. The van der Waals surface area contributed by atoms with Crippen LogP contribution in [0.15, 0.2) is 18.2 Å². The molecule has 7 heteroatoms. The van der Waals surface area contributed by atoms with Crippen LogP contribution in [-0.2, 0) is 0 Å². The average Bonchev–Trinajstić information content (AvgIpc) is 3.16. The van der Waals surface area contributed by atoms with E-state index in [-0.39, 0.29) is 18.3 Å². The minimum Gasteiger partial charge on any atom is -0.491 e. The third-order valence-electron chi connectivity index (χ3n) is 4.07. The highest BCUT2D eigenvalue weighted by Crippen LogP contribution is 2.38. The fourth-order valence-electron chi connectivity index (χ4n) is 2.94. The third kappa shape index (κ3) is 4.12. The van der Waals surface area contributed by atoms with Gasteiger partial charge < -0.3 is 20.7 Å². The standard InChI is InChI=1S/C17H23N3O2S.ClH/c1-2-22-15-13-11-12(18)5-6-14(13)23-16(15)17(21)19-7-10-20-8-3-4-9-20;/h5-6,11H,2-4,7-10,18H2,1H3,(H,19,21);1H. The summed E-state index contributed by atoms with van der Waals surface area (Å²) in [6, 6.07) is 5.67. The molecule has 0 aliphatic carbocycles. The number of anilines is 1. The van der Waals surface area contributed by atoms with E-state index in [4.69, 9.17) is 10.5 Å². The number of carbonyl (C=O) groups excluding carboxylic acids is 1. The Bertz CT molecular complexity index is 698. The predicted molar refractivity (Wildman–Crippen MR) is 103 cm³/mol. The van der Waals surface area contributed by atoms with Crippen LogP contribution in [0.3, 0.4) is 0 Å². The number of hydrogen-bond acceptors (Lipinski definition) is 5. The summed E-state index contributed by atoms with van der Waals surface area (Å²) in [6.45, 7) is 6.30. The normalized spacial score (nSPS) is 14.5. The van der Waals surface area contributed by atoms with Crippen molar-refractivity contribution < 1.29 is 9.53 Å². The zero-order valence-corrected chi connectivity index (χ0v) is 15.5. The molecule has 132 valence electrons. The molecule has 1 aromatic heterocycles. The predicted octanol–water partition coefficient (Wildman–Crippen LogP) is 3.13. The summed E-state index contributed by atoms with van der Waals surface area (Å²) in [5, 5.41) is 3.94. The molecule has 1 saturated heterocycles. The van der Waals surface area contributed by atoms with E-state index >= 15 is 0 Å². The summed E-state index contributed by atoms with van der Waals surface area (Å²) in [7, 11) is 0. The highest BCUT2D eigenvalue weighted by molar-refractivity contribution is 7.21. The maximum Gasteiger partial charge on any atom is 0.265 e. The van der Waals surface area contributed by atoms with E-state index in [1.54, 1.807) is 0 Å². The summed E-state index contributed by atoms with van der Waals surface area (Å²) in [5.74, 6) is 0.589. The molecule has 0 bridgehead atoms. The van der Waals surface area contributed by atoms with Gasteiger partial charge in [-0.3, -0.25) is 4.79 Å². The number of benzene rings is 1. The first-order valence-corrected chi connectivity index (χ1v) is 8.96. The van der Waals surface area contributed by atoms with Crippen molar-refractivity contribution in [2.24, 2.45) is 0 Å². The van der Waals surface area contributed by atoms with Crippen LogP contribution in [-0.4, -0.2) is 43.6 Å². The molecule has 3 N–H and O–H groups in total. The smallest absolute Gasteiger partial charge is 0.265 e. The number of carbonyl (C=O) groups is 1. The molecule has 1 aromatic carbocycles. The summed E-state index contributed by atoms with van der Waals surface area (Å²) < 4.78 is 6.75. The molecule has 1 fully saturated rings. The van der Waals surface area contributed by atoms with Crippen molar-refractivity contribution in [3.05, 3.63) is 23.1 Å². The van der Waals surface area contributed by atoms with Gasteiger partial charge in [0.05, 0.1) is 6.61 Å².